The number of carbonyl (C=O) groups is 2. The zero-order valence-corrected chi connectivity index (χ0v) is 7.83. The number of nitrogens with one attached hydrogen (secondary N) is 1. The van der Waals surface area contributed by atoms with E-state index in [2.05, 4.69) is 14.7 Å². The molecule has 1 aromatic rings. The molecule has 2 N–H and O–H groups in total. The number of rotatable bonds is 3. The van der Waals surface area contributed by atoms with E-state index in [1.54, 1.807) is 6.92 Å². The number of carboxylic acids is 1. The number of imidazole rings is 1. The predicted octanol–water partition coefficient (Wildman–Crippen LogP) is 0.132. The molecule has 6 heteroatoms. The Balaban J connectivity index is 3.02. The summed E-state index contributed by atoms with van der Waals surface area (Å²) in [5.41, 5.74) is 0.300. The van der Waals surface area contributed by atoms with Crippen molar-refractivity contribution in [3.63, 3.8) is 0 Å². The van der Waals surface area contributed by atoms with E-state index in [0.29, 0.717) is 5.82 Å². The molecule has 0 aliphatic carbocycles. The summed E-state index contributed by atoms with van der Waals surface area (Å²) in [6.07, 6.45) is -0.273. The molecular weight excluding hydrogens is 188 g/mol. The van der Waals surface area contributed by atoms with Gasteiger partial charge in [-0.1, -0.05) is 0 Å². The number of aromatic amines is 1. The third kappa shape index (κ3) is 2.09. The molecule has 0 spiro atoms. The lowest BCUT2D eigenvalue weighted by atomic mass is 10.2. The van der Waals surface area contributed by atoms with Crippen molar-refractivity contribution in [2.45, 2.75) is 13.3 Å². The quantitative estimate of drug-likeness (QED) is 0.673. The summed E-state index contributed by atoms with van der Waals surface area (Å²) in [4.78, 5) is 28.1. The summed E-state index contributed by atoms with van der Waals surface area (Å²) in [5, 5.41) is 8.56. The van der Waals surface area contributed by atoms with Crippen molar-refractivity contribution in [3.05, 3.63) is 17.2 Å². The van der Waals surface area contributed by atoms with Gasteiger partial charge in [0, 0.05) is 0 Å². The van der Waals surface area contributed by atoms with Crippen LogP contribution in [0.4, 0.5) is 0 Å². The van der Waals surface area contributed by atoms with E-state index in [4.69, 9.17) is 5.11 Å². The molecule has 0 saturated heterocycles. The van der Waals surface area contributed by atoms with Gasteiger partial charge in [0.05, 0.1) is 19.2 Å². The van der Waals surface area contributed by atoms with Crippen LogP contribution in [0.15, 0.2) is 0 Å². The van der Waals surface area contributed by atoms with E-state index in [0.717, 1.165) is 0 Å². The van der Waals surface area contributed by atoms with Gasteiger partial charge in [-0.15, -0.1) is 0 Å². The monoisotopic (exact) mass is 198 g/mol. The van der Waals surface area contributed by atoms with Crippen LogP contribution in [0.3, 0.4) is 0 Å². The molecule has 0 atom stereocenters. The van der Waals surface area contributed by atoms with E-state index in [9.17, 15) is 9.59 Å². The highest BCUT2D eigenvalue weighted by Gasteiger charge is 2.18. The predicted molar refractivity (Wildman–Crippen MR) is 46.0 cm³/mol. The van der Waals surface area contributed by atoms with Crippen LogP contribution < -0.4 is 0 Å². The fraction of sp³-hybridized carbons (Fsp3) is 0.375. The molecule has 1 rings (SSSR count). The molecule has 0 saturated carbocycles. The van der Waals surface area contributed by atoms with Gasteiger partial charge in [-0.05, 0) is 6.92 Å². The number of nitrogens with zero attached hydrogens (tertiary/aromatic N) is 1. The fourth-order valence-corrected chi connectivity index (χ4v) is 1.09. The van der Waals surface area contributed by atoms with Crippen molar-refractivity contribution >= 4 is 11.9 Å². The minimum Gasteiger partial charge on any atom is -0.481 e. The molecule has 0 fully saturated rings. The lowest BCUT2D eigenvalue weighted by Crippen LogP contribution is -2.09. The molecule has 0 unspecified atom stereocenters. The summed E-state index contributed by atoms with van der Waals surface area (Å²) in [7, 11) is 1.22. The van der Waals surface area contributed by atoms with Gasteiger partial charge in [0.15, 0.2) is 5.69 Å². The normalized spacial score (nSPS) is 9.86. The second kappa shape index (κ2) is 3.91. The molecule has 1 heterocycles. The van der Waals surface area contributed by atoms with E-state index in [-0.39, 0.29) is 17.8 Å². The Kier molecular flexibility index (Phi) is 2.85. The molecule has 0 radical (unpaired) electrons. The number of carboxylic acid groups (broad SMARTS) is 1. The smallest absolute Gasteiger partial charge is 0.358 e. The van der Waals surface area contributed by atoms with Crippen LogP contribution in [-0.2, 0) is 16.0 Å². The molecule has 6 nitrogen and oxygen atoms in total. The van der Waals surface area contributed by atoms with Crippen LogP contribution in [0.5, 0.6) is 0 Å². The number of esters is 1. The van der Waals surface area contributed by atoms with E-state index >= 15 is 0 Å². The van der Waals surface area contributed by atoms with Crippen LogP contribution in [0.25, 0.3) is 0 Å². The van der Waals surface area contributed by atoms with Gasteiger partial charge in [0.1, 0.15) is 5.82 Å². The van der Waals surface area contributed by atoms with Gasteiger partial charge in [-0.25, -0.2) is 9.78 Å². The third-order valence-corrected chi connectivity index (χ3v) is 1.60. The maximum atomic E-state index is 11.1. The van der Waals surface area contributed by atoms with Gasteiger partial charge in [-0.3, -0.25) is 4.79 Å². The van der Waals surface area contributed by atoms with Gasteiger partial charge in [-0.2, -0.15) is 0 Å². The summed E-state index contributed by atoms with van der Waals surface area (Å²) in [6, 6.07) is 0. The van der Waals surface area contributed by atoms with Crippen molar-refractivity contribution in [3.8, 4) is 0 Å². The Morgan fingerprint density at radius 3 is 2.71 bits per heavy atom. The number of hydrogen-bond acceptors (Lipinski definition) is 4. The number of aromatic nitrogens is 2. The minimum atomic E-state index is -1.03. The zero-order chi connectivity index (χ0) is 10.7. The number of methoxy groups -OCH3 is 1. The number of aryl methyl sites for hydroxylation is 1. The maximum absolute atomic E-state index is 11.1. The summed E-state index contributed by atoms with van der Waals surface area (Å²) < 4.78 is 4.46. The fourth-order valence-electron chi connectivity index (χ4n) is 1.09. The molecule has 76 valence electrons. The van der Waals surface area contributed by atoms with Crippen molar-refractivity contribution in [2.75, 3.05) is 7.11 Å². The molecular formula is C8H10N2O4. The number of ether oxygens (including phenoxy) is 1. The van der Waals surface area contributed by atoms with E-state index in [1.807, 2.05) is 0 Å². The Hall–Kier alpha value is -1.85. The Bertz CT molecular complexity index is 369. The first-order chi connectivity index (χ1) is 6.54. The van der Waals surface area contributed by atoms with Crippen LogP contribution in [0, 0.1) is 6.92 Å². The summed E-state index contributed by atoms with van der Waals surface area (Å²) in [5.74, 6) is -1.17. The van der Waals surface area contributed by atoms with Crippen LogP contribution >= 0.6 is 0 Å². The second-order valence-electron chi connectivity index (χ2n) is 2.71. The van der Waals surface area contributed by atoms with E-state index < -0.39 is 11.9 Å². The highest BCUT2D eigenvalue weighted by molar-refractivity contribution is 5.89. The lowest BCUT2D eigenvalue weighted by molar-refractivity contribution is -0.136. The van der Waals surface area contributed by atoms with Crippen molar-refractivity contribution in [2.24, 2.45) is 0 Å². The molecule has 0 aromatic carbocycles. The summed E-state index contributed by atoms with van der Waals surface area (Å²) >= 11 is 0. The third-order valence-electron chi connectivity index (χ3n) is 1.60. The molecule has 0 bridgehead atoms. The average molecular weight is 198 g/mol. The Labute approximate surface area is 79.9 Å². The number of hydrogen-bond donors (Lipinski definition) is 2. The van der Waals surface area contributed by atoms with Crippen molar-refractivity contribution in [1.82, 2.24) is 9.97 Å². The first-order valence-corrected chi connectivity index (χ1v) is 3.90. The molecule has 0 aliphatic heterocycles. The molecule has 14 heavy (non-hydrogen) atoms. The molecule has 1 aromatic heterocycles. The second-order valence-corrected chi connectivity index (χ2v) is 2.71. The van der Waals surface area contributed by atoms with Gasteiger partial charge < -0.3 is 14.8 Å². The van der Waals surface area contributed by atoms with Crippen LogP contribution in [-0.4, -0.2) is 34.1 Å². The van der Waals surface area contributed by atoms with Crippen molar-refractivity contribution in [1.29, 1.82) is 0 Å². The SMILES string of the molecule is COC(=O)c1nc(C)[nH]c1CC(=O)O. The topological polar surface area (TPSA) is 92.3 Å². The van der Waals surface area contributed by atoms with Gasteiger partial charge >= 0.3 is 11.9 Å². The Morgan fingerprint density at radius 1 is 1.57 bits per heavy atom. The standard InChI is InChI=1S/C8H10N2O4/c1-4-9-5(3-6(11)12)7(10-4)8(13)14-2/h3H2,1-2H3,(H,9,10)(H,11,12). The average Bonchev–Trinajstić information content (AvgIpc) is 2.44. The minimum absolute atomic E-state index is 0.0346. The van der Waals surface area contributed by atoms with Crippen LogP contribution in [0.2, 0.25) is 0 Å². The zero-order valence-electron chi connectivity index (χ0n) is 7.83. The number of H-pyrrole nitrogens is 1. The molecule has 0 aliphatic rings. The van der Waals surface area contributed by atoms with E-state index in [1.165, 1.54) is 7.11 Å². The van der Waals surface area contributed by atoms with Gasteiger partial charge in [0.25, 0.3) is 0 Å². The number of aliphatic carboxylic acids is 1. The first kappa shape index (κ1) is 10.2. The highest BCUT2D eigenvalue weighted by atomic mass is 16.5. The summed E-state index contributed by atoms with van der Waals surface area (Å²) in [6.45, 7) is 1.64. The molecule has 0 amide bonds. The number of carbonyl (C=O) groups excluding carboxylic acids is 1. The first-order valence-electron chi connectivity index (χ1n) is 3.90. The Morgan fingerprint density at radius 2 is 2.21 bits per heavy atom. The van der Waals surface area contributed by atoms with Crippen LogP contribution in [0.1, 0.15) is 22.0 Å². The highest BCUT2D eigenvalue weighted by Crippen LogP contribution is 2.08. The lowest BCUT2D eigenvalue weighted by Gasteiger charge is -1.96. The largest absolute Gasteiger partial charge is 0.481 e. The van der Waals surface area contributed by atoms with Gasteiger partial charge in [0.2, 0.25) is 0 Å². The maximum Gasteiger partial charge on any atom is 0.358 e. The van der Waals surface area contributed by atoms with Crippen molar-refractivity contribution < 1.29 is 19.4 Å².